The van der Waals surface area contributed by atoms with Gasteiger partial charge in [0, 0.05) is 10.9 Å². The van der Waals surface area contributed by atoms with Crippen molar-refractivity contribution in [2.24, 2.45) is 0 Å². The molecule has 4 nitrogen and oxygen atoms in total. The maximum Gasteiger partial charge on any atom is 0.338 e. The molecule has 0 aliphatic heterocycles. The van der Waals surface area contributed by atoms with Crippen LogP contribution in [0.5, 0.6) is 0 Å². The molecule has 3 aromatic rings. The van der Waals surface area contributed by atoms with E-state index >= 15 is 0 Å². The fourth-order valence-electron chi connectivity index (χ4n) is 2.52. The van der Waals surface area contributed by atoms with Crippen molar-refractivity contribution in [3.63, 3.8) is 0 Å². The molecule has 0 N–H and O–H groups in total. The summed E-state index contributed by atoms with van der Waals surface area (Å²) in [6.45, 7) is 0.187. The third-order valence-electron chi connectivity index (χ3n) is 3.87. The molecule has 0 atom stereocenters. The van der Waals surface area contributed by atoms with Gasteiger partial charge in [0.05, 0.1) is 17.2 Å². The lowest BCUT2D eigenvalue weighted by Gasteiger charge is -2.09. The van der Waals surface area contributed by atoms with E-state index in [0.29, 0.717) is 22.0 Å². The van der Waals surface area contributed by atoms with E-state index in [9.17, 15) is 14.6 Å². The van der Waals surface area contributed by atoms with E-state index in [4.69, 9.17) is 4.74 Å². The van der Waals surface area contributed by atoms with Crippen LogP contribution in [0.2, 0.25) is 0 Å². The van der Waals surface area contributed by atoms with Gasteiger partial charge in [0.2, 0.25) is 0 Å². The number of hydrogen-bond donors (Lipinski definition) is 0. The minimum atomic E-state index is -0.450. The number of carbonyl (C=O) groups excluding carboxylic acids is 1. The van der Waals surface area contributed by atoms with Crippen molar-refractivity contribution >= 4 is 19.7 Å². The lowest BCUT2D eigenvalue weighted by molar-refractivity contribution is 0.0473. The summed E-state index contributed by atoms with van der Waals surface area (Å²) < 4.78 is 16.2. The Morgan fingerprint density at radius 3 is 2.38 bits per heavy atom. The Kier molecular flexibility index (Phi) is 5.53. The lowest BCUT2D eigenvalue weighted by Crippen LogP contribution is -2.06. The average molecular weight is 359 g/mol. The van der Waals surface area contributed by atoms with Crippen molar-refractivity contribution in [3.8, 4) is 17.2 Å². The highest BCUT2D eigenvalue weighted by molar-refractivity contribution is 7.34. The van der Waals surface area contributed by atoms with E-state index in [1.54, 1.807) is 42.5 Å². The number of ether oxygens (including phenoxy) is 1. The van der Waals surface area contributed by atoms with Gasteiger partial charge in [-0.1, -0.05) is 42.5 Å². The van der Waals surface area contributed by atoms with Crippen molar-refractivity contribution in [2.75, 3.05) is 0 Å². The van der Waals surface area contributed by atoms with Gasteiger partial charge in [0.15, 0.2) is 8.46 Å². The maximum absolute atomic E-state index is 12.4. The summed E-state index contributed by atoms with van der Waals surface area (Å²) in [5, 5.41) is 9.99. The SMILES string of the molecule is N#Cc1ccc(C(=O)OCc2ccccc2)cc1-c1ccc(P=O)cc1. The van der Waals surface area contributed by atoms with E-state index in [1.165, 1.54) is 0 Å². The molecule has 0 saturated heterocycles. The number of esters is 1. The Bertz CT molecular complexity index is 976. The minimum Gasteiger partial charge on any atom is -0.457 e. The quantitative estimate of drug-likeness (QED) is 0.497. The first-order chi connectivity index (χ1) is 12.7. The molecular formula is C21H14NO3P. The van der Waals surface area contributed by atoms with Gasteiger partial charge in [-0.25, -0.2) is 4.79 Å². The van der Waals surface area contributed by atoms with Crippen LogP contribution < -0.4 is 5.30 Å². The number of carbonyl (C=O) groups is 1. The van der Waals surface area contributed by atoms with Crippen LogP contribution in [0.15, 0.2) is 72.8 Å². The Morgan fingerprint density at radius 2 is 1.73 bits per heavy atom. The van der Waals surface area contributed by atoms with Gasteiger partial charge in [-0.3, -0.25) is 4.57 Å². The summed E-state index contributed by atoms with van der Waals surface area (Å²) in [6, 6.07) is 23.4. The molecule has 126 valence electrons. The third kappa shape index (κ3) is 4.03. The minimum absolute atomic E-state index is 0.0609. The van der Waals surface area contributed by atoms with Gasteiger partial charge in [0.1, 0.15) is 6.61 Å². The Morgan fingerprint density at radius 1 is 1.00 bits per heavy atom. The molecule has 26 heavy (non-hydrogen) atoms. The summed E-state index contributed by atoms with van der Waals surface area (Å²) in [4.78, 5) is 12.4. The zero-order valence-electron chi connectivity index (χ0n) is 13.8. The molecule has 0 bridgehead atoms. The van der Waals surface area contributed by atoms with E-state index in [-0.39, 0.29) is 15.1 Å². The predicted molar refractivity (Wildman–Crippen MR) is 99.4 cm³/mol. The first kappa shape index (κ1) is 17.5. The van der Waals surface area contributed by atoms with Gasteiger partial charge in [-0.15, -0.1) is 0 Å². The second-order valence-corrected chi connectivity index (χ2v) is 6.27. The molecule has 0 aliphatic carbocycles. The fourth-order valence-corrected chi connectivity index (χ4v) is 2.79. The van der Waals surface area contributed by atoms with Gasteiger partial charge in [-0.2, -0.15) is 5.26 Å². The van der Waals surface area contributed by atoms with Crippen molar-refractivity contribution in [1.82, 2.24) is 0 Å². The van der Waals surface area contributed by atoms with Gasteiger partial charge < -0.3 is 4.74 Å². The summed E-state index contributed by atoms with van der Waals surface area (Å²) in [7, 11) is -0.0609. The number of nitriles is 1. The molecule has 0 heterocycles. The first-order valence-electron chi connectivity index (χ1n) is 7.90. The molecule has 3 aromatic carbocycles. The van der Waals surface area contributed by atoms with Crippen LogP contribution in [-0.2, 0) is 15.9 Å². The van der Waals surface area contributed by atoms with Crippen molar-refractivity contribution < 1.29 is 14.1 Å². The molecule has 5 heteroatoms. The van der Waals surface area contributed by atoms with E-state index < -0.39 is 5.97 Å². The van der Waals surface area contributed by atoms with Crippen LogP contribution in [-0.4, -0.2) is 5.97 Å². The molecular weight excluding hydrogens is 345 g/mol. The summed E-state index contributed by atoms with van der Waals surface area (Å²) in [6.07, 6.45) is 0. The van der Waals surface area contributed by atoms with E-state index in [1.807, 2.05) is 30.3 Å². The number of benzene rings is 3. The molecule has 0 saturated carbocycles. The second kappa shape index (κ2) is 8.20. The highest BCUT2D eigenvalue weighted by atomic mass is 31.1. The smallest absolute Gasteiger partial charge is 0.338 e. The van der Waals surface area contributed by atoms with Crippen LogP contribution in [0.3, 0.4) is 0 Å². The Labute approximate surface area is 152 Å². The normalized spacial score (nSPS) is 10.3. The van der Waals surface area contributed by atoms with Crippen molar-refractivity contribution in [2.45, 2.75) is 6.61 Å². The third-order valence-corrected chi connectivity index (χ3v) is 4.38. The van der Waals surface area contributed by atoms with E-state index in [0.717, 1.165) is 11.1 Å². The zero-order chi connectivity index (χ0) is 18.4. The number of rotatable bonds is 5. The lowest BCUT2D eigenvalue weighted by atomic mass is 9.98. The molecule has 0 amide bonds. The number of nitrogens with zero attached hydrogens (tertiary/aromatic N) is 1. The van der Waals surface area contributed by atoms with Crippen LogP contribution in [0.4, 0.5) is 0 Å². The molecule has 0 spiro atoms. The number of hydrogen-bond acceptors (Lipinski definition) is 4. The standard InChI is InChI=1S/C21H14NO3P/c22-13-18-7-6-17(21(23)25-14-15-4-2-1-3-5-15)12-20(18)16-8-10-19(26-24)11-9-16/h1-12H,14H2. The average Bonchev–Trinajstić information content (AvgIpc) is 2.72. The van der Waals surface area contributed by atoms with Crippen molar-refractivity contribution in [3.05, 3.63) is 89.5 Å². The highest BCUT2D eigenvalue weighted by Crippen LogP contribution is 2.25. The molecule has 0 radical (unpaired) electrons. The van der Waals surface area contributed by atoms with Crippen LogP contribution in [0, 0.1) is 11.3 Å². The fraction of sp³-hybridized carbons (Fsp3) is 0.0476. The summed E-state index contributed by atoms with van der Waals surface area (Å²) >= 11 is 0. The summed E-state index contributed by atoms with van der Waals surface area (Å²) in [5.74, 6) is -0.450. The van der Waals surface area contributed by atoms with Gasteiger partial charge in [0.25, 0.3) is 0 Å². The molecule has 0 aromatic heterocycles. The predicted octanol–water partition coefficient (Wildman–Crippen LogP) is 4.50. The molecule has 0 fully saturated rings. The van der Waals surface area contributed by atoms with Crippen molar-refractivity contribution in [1.29, 1.82) is 5.26 Å². The summed E-state index contributed by atoms with van der Waals surface area (Å²) in [5.41, 5.74) is 3.14. The highest BCUT2D eigenvalue weighted by Gasteiger charge is 2.12. The Balaban J connectivity index is 1.85. The topological polar surface area (TPSA) is 67.2 Å². The molecule has 0 aliphatic rings. The first-order valence-corrected chi connectivity index (χ1v) is 8.71. The maximum atomic E-state index is 12.4. The van der Waals surface area contributed by atoms with Crippen LogP contribution >= 0.6 is 8.46 Å². The van der Waals surface area contributed by atoms with Crippen LogP contribution in [0.25, 0.3) is 11.1 Å². The molecule has 0 unspecified atom stereocenters. The molecule has 3 rings (SSSR count). The largest absolute Gasteiger partial charge is 0.457 e. The van der Waals surface area contributed by atoms with Crippen LogP contribution in [0.1, 0.15) is 21.5 Å². The van der Waals surface area contributed by atoms with Gasteiger partial charge >= 0.3 is 5.97 Å². The zero-order valence-corrected chi connectivity index (χ0v) is 14.6. The van der Waals surface area contributed by atoms with Gasteiger partial charge in [-0.05, 0) is 41.5 Å². The van der Waals surface area contributed by atoms with E-state index in [2.05, 4.69) is 6.07 Å². The Hall–Kier alpha value is -3.28. The monoisotopic (exact) mass is 359 g/mol. The second-order valence-electron chi connectivity index (χ2n) is 5.57.